The summed E-state index contributed by atoms with van der Waals surface area (Å²) in [6, 6.07) is 7.23. The Balaban J connectivity index is 2.52. The van der Waals surface area contributed by atoms with Crippen LogP contribution in [0.25, 0.3) is 11.1 Å². The summed E-state index contributed by atoms with van der Waals surface area (Å²) in [7, 11) is 0. The number of halogens is 3. The Kier molecular flexibility index (Phi) is 4.08. The molecular weight excluding hydrogens is 291 g/mol. The lowest BCUT2D eigenvalue weighted by Gasteiger charge is -2.07. The number of aromatic nitrogens is 1. The van der Waals surface area contributed by atoms with Gasteiger partial charge in [0.2, 0.25) is 0 Å². The van der Waals surface area contributed by atoms with Crippen molar-refractivity contribution in [2.75, 3.05) is 0 Å². The SMILES string of the molecule is N#CCc1cncc(-c2cc(Cl)c(Cl)cc2Cl)c1. The summed E-state index contributed by atoms with van der Waals surface area (Å²) in [5.41, 5.74) is 2.39. The molecule has 0 amide bonds. The lowest BCUT2D eigenvalue weighted by molar-refractivity contribution is 1.19. The molecule has 5 heteroatoms. The van der Waals surface area contributed by atoms with Crippen LogP contribution in [-0.2, 0) is 6.42 Å². The van der Waals surface area contributed by atoms with Crippen molar-refractivity contribution in [3.8, 4) is 17.2 Å². The smallest absolute Gasteiger partial charge is 0.0670 e. The zero-order chi connectivity index (χ0) is 13.1. The molecule has 0 N–H and O–H groups in total. The molecule has 0 aliphatic rings. The van der Waals surface area contributed by atoms with E-state index in [0.29, 0.717) is 21.5 Å². The minimum absolute atomic E-state index is 0.305. The van der Waals surface area contributed by atoms with Crippen molar-refractivity contribution in [3.63, 3.8) is 0 Å². The van der Waals surface area contributed by atoms with Gasteiger partial charge in [-0.05, 0) is 23.8 Å². The summed E-state index contributed by atoms with van der Waals surface area (Å²) >= 11 is 18.0. The van der Waals surface area contributed by atoms with Crippen LogP contribution in [0.5, 0.6) is 0 Å². The van der Waals surface area contributed by atoms with Gasteiger partial charge in [-0.25, -0.2) is 0 Å². The van der Waals surface area contributed by atoms with Crippen molar-refractivity contribution in [2.45, 2.75) is 6.42 Å². The molecule has 0 saturated heterocycles. The molecule has 0 fully saturated rings. The highest BCUT2D eigenvalue weighted by Crippen LogP contribution is 2.35. The van der Waals surface area contributed by atoms with Gasteiger partial charge in [-0.15, -0.1) is 0 Å². The van der Waals surface area contributed by atoms with Gasteiger partial charge >= 0.3 is 0 Å². The number of hydrogen-bond acceptors (Lipinski definition) is 2. The number of nitrogens with zero attached hydrogens (tertiary/aromatic N) is 2. The van der Waals surface area contributed by atoms with Crippen LogP contribution in [0.3, 0.4) is 0 Å². The number of benzene rings is 1. The predicted octanol–water partition coefficient (Wildman–Crippen LogP) is 4.77. The zero-order valence-electron chi connectivity index (χ0n) is 9.12. The third-order valence-electron chi connectivity index (χ3n) is 2.40. The Morgan fingerprint density at radius 2 is 1.72 bits per heavy atom. The lowest BCUT2D eigenvalue weighted by Crippen LogP contribution is -1.88. The molecule has 90 valence electrons. The summed E-state index contributed by atoms with van der Waals surface area (Å²) in [5.74, 6) is 0. The van der Waals surface area contributed by atoms with Crippen molar-refractivity contribution in [3.05, 3.63) is 51.2 Å². The van der Waals surface area contributed by atoms with E-state index < -0.39 is 0 Å². The molecule has 0 aliphatic heterocycles. The maximum Gasteiger partial charge on any atom is 0.0670 e. The van der Waals surface area contributed by atoms with Gasteiger partial charge in [-0.2, -0.15) is 5.26 Å². The Morgan fingerprint density at radius 1 is 1.00 bits per heavy atom. The van der Waals surface area contributed by atoms with Gasteiger partial charge < -0.3 is 0 Å². The van der Waals surface area contributed by atoms with Gasteiger partial charge in [0.25, 0.3) is 0 Å². The van der Waals surface area contributed by atoms with Crippen LogP contribution < -0.4 is 0 Å². The average molecular weight is 298 g/mol. The average Bonchev–Trinajstić information content (AvgIpc) is 2.34. The van der Waals surface area contributed by atoms with Crippen molar-refractivity contribution in [1.82, 2.24) is 4.98 Å². The van der Waals surface area contributed by atoms with E-state index in [-0.39, 0.29) is 0 Å². The van der Waals surface area contributed by atoms with Gasteiger partial charge in [0.1, 0.15) is 0 Å². The van der Waals surface area contributed by atoms with E-state index in [2.05, 4.69) is 11.1 Å². The molecule has 0 saturated carbocycles. The molecule has 2 nitrogen and oxygen atoms in total. The minimum Gasteiger partial charge on any atom is -0.264 e. The van der Waals surface area contributed by atoms with E-state index in [1.807, 2.05) is 6.07 Å². The molecule has 18 heavy (non-hydrogen) atoms. The van der Waals surface area contributed by atoms with Crippen molar-refractivity contribution < 1.29 is 0 Å². The van der Waals surface area contributed by atoms with Crippen LogP contribution in [-0.4, -0.2) is 4.98 Å². The fourth-order valence-electron chi connectivity index (χ4n) is 1.57. The molecule has 1 heterocycles. The zero-order valence-corrected chi connectivity index (χ0v) is 11.4. The molecule has 0 aliphatic carbocycles. The Labute approximate surface area is 120 Å². The molecule has 2 rings (SSSR count). The van der Waals surface area contributed by atoms with Gasteiger partial charge in [-0.3, -0.25) is 4.98 Å². The molecule has 0 spiro atoms. The minimum atomic E-state index is 0.305. The molecular formula is C13H7Cl3N2. The van der Waals surface area contributed by atoms with Gasteiger partial charge in [-0.1, -0.05) is 34.8 Å². The second-order valence-corrected chi connectivity index (χ2v) is 4.88. The van der Waals surface area contributed by atoms with E-state index in [9.17, 15) is 0 Å². The van der Waals surface area contributed by atoms with Gasteiger partial charge in [0, 0.05) is 23.5 Å². The highest BCUT2D eigenvalue weighted by atomic mass is 35.5. The van der Waals surface area contributed by atoms with Crippen LogP contribution in [0.4, 0.5) is 0 Å². The summed E-state index contributed by atoms with van der Waals surface area (Å²) in [5, 5.41) is 10.0. The number of pyridine rings is 1. The highest BCUT2D eigenvalue weighted by Gasteiger charge is 2.09. The van der Waals surface area contributed by atoms with Crippen LogP contribution in [0, 0.1) is 11.3 Å². The van der Waals surface area contributed by atoms with Gasteiger partial charge in [0.05, 0.1) is 27.6 Å². The third kappa shape index (κ3) is 2.76. The van der Waals surface area contributed by atoms with E-state index in [0.717, 1.165) is 16.7 Å². The first-order valence-corrected chi connectivity index (χ1v) is 6.21. The summed E-state index contributed by atoms with van der Waals surface area (Å²) in [4.78, 5) is 4.09. The first kappa shape index (κ1) is 13.2. The summed E-state index contributed by atoms with van der Waals surface area (Å²) in [6.45, 7) is 0. The van der Waals surface area contributed by atoms with E-state index in [1.54, 1.807) is 24.5 Å². The topological polar surface area (TPSA) is 36.7 Å². The maximum absolute atomic E-state index is 8.67. The molecule has 1 aromatic carbocycles. The number of hydrogen-bond donors (Lipinski definition) is 0. The second kappa shape index (κ2) is 5.58. The molecule has 0 atom stereocenters. The first-order chi connectivity index (χ1) is 8.61. The first-order valence-electron chi connectivity index (χ1n) is 5.07. The normalized spacial score (nSPS) is 10.1. The summed E-state index contributed by atoms with van der Waals surface area (Å²) < 4.78 is 0. The van der Waals surface area contributed by atoms with Gasteiger partial charge in [0.15, 0.2) is 0 Å². The molecule has 1 aromatic heterocycles. The molecule has 0 radical (unpaired) electrons. The van der Waals surface area contributed by atoms with E-state index >= 15 is 0 Å². The van der Waals surface area contributed by atoms with Crippen molar-refractivity contribution in [1.29, 1.82) is 5.26 Å². The Hall–Kier alpha value is -1.27. The molecule has 0 unspecified atom stereocenters. The van der Waals surface area contributed by atoms with E-state index in [1.165, 1.54) is 0 Å². The number of nitriles is 1. The molecule has 2 aromatic rings. The van der Waals surface area contributed by atoms with Crippen LogP contribution >= 0.6 is 34.8 Å². The fraction of sp³-hybridized carbons (Fsp3) is 0.0769. The largest absolute Gasteiger partial charge is 0.264 e. The second-order valence-electron chi connectivity index (χ2n) is 3.66. The van der Waals surface area contributed by atoms with Crippen molar-refractivity contribution >= 4 is 34.8 Å². The van der Waals surface area contributed by atoms with Crippen LogP contribution in [0.2, 0.25) is 15.1 Å². The lowest BCUT2D eigenvalue weighted by atomic mass is 10.1. The predicted molar refractivity (Wildman–Crippen MR) is 74.0 cm³/mol. The van der Waals surface area contributed by atoms with Crippen molar-refractivity contribution in [2.24, 2.45) is 0 Å². The fourth-order valence-corrected chi connectivity index (χ4v) is 2.22. The number of rotatable bonds is 2. The van der Waals surface area contributed by atoms with E-state index in [4.69, 9.17) is 40.1 Å². The quantitative estimate of drug-likeness (QED) is 0.748. The standard InChI is InChI=1S/C13H7Cl3N2/c14-11-5-13(16)12(15)4-10(11)9-3-8(1-2-17)6-18-7-9/h3-7H,1H2. The van der Waals surface area contributed by atoms with Crippen LogP contribution in [0.15, 0.2) is 30.6 Å². The highest BCUT2D eigenvalue weighted by molar-refractivity contribution is 6.44. The Morgan fingerprint density at radius 3 is 2.44 bits per heavy atom. The Bertz CT molecular complexity index is 633. The maximum atomic E-state index is 8.67. The monoisotopic (exact) mass is 296 g/mol. The van der Waals surface area contributed by atoms with Crippen LogP contribution in [0.1, 0.15) is 5.56 Å². The summed E-state index contributed by atoms with van der Waals surface area (Å²) in [6.07, 6.45) is 3.63. The molecule has 0 bridgehead atoms. The third-order valence-corrected chi connectivity index (χ3v) is 3.43.